The Balaban J connectivity index is 2.36. The van der Waals surface area contributed by atoms with Gasteiger partial charge in [-0.25, -0.2) is 8.42 Å². The molecular formula is C6H14NO2S+. The average Bonchev–Trinajstić information content (AvgIpc) is 2.64. The van der Waals surface area contributed by atoms with Crippen molar-refractivity contribution in [3.63, 3.8) is 0 Å². The molecule has 4 heteroatoms. The molecule has 0 saturated heterocycles. The normalized spacial score (nSPS) is 19.3. The molecule has 1 rings (SSSR count). The summed E-state index contributed by atoms with van der Waals surface area (Å²) < 4.78 is 22.2. The highest BCUT2D eigenvalue weighted by Gasteiger charge is 2.34. The van der Waals surface area contributed by atoms with E-state index < -0.39 is 9.84 Å². The van der Waals surface area contributed by atoms with Crippen LogP contribution in [0.3, 0.4) is 0 Å². The maximum Gasteiger partial charge on any atom is 0.153 e. The summed E-state index contributed by atoms with van der Waals surface area (Å²) >= 11 is 0. The van der Waals surface area contributed by atoms with Crippen molar-refractivity contribution in [2.75, 3.05) is 12.3 Å². The van der Waals surface area contributed by atoms with E-state index in [1.165, 1.54) is 0 Å². The zero-order chi connectivity index (χ0) is 7.61. The van der Waals surface area contributed by atoms with Gasteiger partial charge in [-0.15, -0.1) is 0 Å². The van der Waals surface area contributed by atoms with Crippen LogP contribution >= 0.6 is 0 Å². The molecule has 0 unspecified atom stereocenters. The summed E-state index contributed by atoms with van der Waals surface area (Å²) in [4.78, 5) is 0. The van der Waals surface area contributed by atoms with Crippen LogP contribution in [0.5, 0.6) is 0 Å². The van der Waals surface area contributed by atoms with E-state index in [1.54, 1.807) is 0 Å². The van der Waals surface area contributed by atoms with Gasteiger partial charge in [-0.2, -0.15) is 0 Å². The SMILES string of the molecule is [NH3+]CCCS(=O)(=O)C1CC1. The van der Waals surface area contributed by atoms with E-state index in [2.05, 4.69) is 5.73 Å². The van der Waals surface area contributed by atoms with Gasteiger partial charge in [0.1, 0.15) is 0 Å². The molecule has 0 aromatic rings. The minimum Gasteiger partial charge on any atom is -0.358 e. The van der Waals surface area contributed by atoms with Gasteiger partial charge in [0, 0.05) is 6.42 Å². The molecule has 3 N–H and O–H groups in total. The molecule has 0 atom stereocenters. The van der Waals surface area contributed by atoms with Gasteiger partial charge in [0.05, 0.1) is 17.5 Å². The van der Waals surface area contributed by atoms with Gasteiger partial charge >= 0.3 is 0 Å². The van der Waals surface area contributed by atoms with Crippen molar-refractivity contribution in [1.82, 2.24) is 0 Å². The van der Waals surface area contributed by atoms with Crippen molar-refractivity contribution in [3.8, 4) is 0 Å². The van der Waals surface area contributed by atoms with Crippen molar-refractivity contribution in [2.45, 2.75) is 24.5 Å². The van der Waals surface area contributed by atoms with Crippen molar-refractivity contribution < 1.29 is 14.2 Å². The number of sulfone groups is 1. The third-order valence-electron chi connectivity index (χ3n) is 1.71. The van der Waals surface area contributed by atoms with Crippen LogP contribution in [-0.4, -0.2) is 26.0 Å². The van der Waals surface area contributed by atoms with Crippen molar-refractivity contribution in [3.05, 3.63) is 0 Å². The van der Waals surface area contributed by atoms with Crippen LogP contribution in [0.1, 0.15) is 19.3 Å². The standard InChI is InChI=1S/C6H13NO2S/c7-4-1-5-10(8,9)6-2-3-6/h6H,1-5,7H2/p+1. The van der Waals surface area contributed by atoms with Gasteiger partial charge in [-0.05, 0) is 12.8 Å². The highest BCUT2D eigenvalue weighted by atomic mass is 32.2. The first-order valence-corrected chi connectivity index (χ1v) is 5.39. The number of hydrogen-bond acceptors (Lipinski definition) is 2. The summed E-state index contributed by atoms with van der Waals surface area (Å²) in [5.74, 6) is 0.348. The minimum atomic E-state index is -2.69. The lowest BCUT2D eigenvalue weighted by Gasteiger charge is -1.97. The fourth-order valence-electron chi connectivity index (χ4n) is 0.897. The van der Waals surface area contributed by atoms with Gasteiger partial charge in [0.25, 0.3) is 0 Å². The van der Waals surface area contributed by atoms with E-state index in [1.807, 2.05) is 0 Å². The van der Waals surface area contributed by atoms with Gasteiger partial charge in [-0.3, -0.25) is 0 Å². The first kappa shape index (κ1) is 8.01. The van der Waals surface area contributed by atoms with Crippen LogP contribution in [0.25, 0.3) is 0 Å². The quantitative estimate of drug-likeness (QED) is 0.591. The summed E-state index contributed by atoms with van der Waals surface area (Å²) in [6.07, 6.45) is 2.50. The van der Waals surface area contributed by atoms with Gasteiger partial charge in [0.2, 0.25) is 0 Å². The van der Waals surface area contributed by atoms with Crippen LogP contribution in [0.4, 0.5) is 0 Å². The molecule has 1 aliphatic carbocycles. The van der Waals surface area contributed by atoms with E-state index in [0.29, 0.717) is 5.75 Å². The van der Waals surface area contributed by atoms with Crippen LogP contribution in [0.2, 0.25) is 0 Å². The summed E-state index contributed by atoms with van der Waals surface area (Å²) in [7, 11) is -2.69. The van der Waals surface area contributed by atoms with E-state index in [-0.39, 0.29) is 5.25 Å². The molecular weight excluding hydrogens is 150 g/mol. The fourth-order valence-corrected chi connectivity index (χ4v) is 2.69. The molecule has 0 spiro atoms. The topological polar surface area (TPSA) is 61.8 Å². The molecule has 1 fully saturated rings. The third kappa shape index (κ3) is 1.95. The van der Waals surface area contributed by atoms with Crippen LogP contribution in [0.15, 0.2) is 0 Å². The first-order valence-electron chi connectivity index (χ1n) is 3.67. The van der Waals surface area contributed by atoms with Gasteiger partial charge < -0.3 is 5.73 Å². The lowest BCUT2D eigenvalue weighted by Crippen LogP contribution is -2.50. The predicted octanol–water partition coefficient (Wildman–Crippen LogP) is -0.804. The monoisotopic (exact) mass is 164 g/mol. The Morgan fingerprint density at radius 2 is 2.00 bits per heavy atom. The maximum atomic E-state index is 11.1. The molecule has 60 valence electrons. The fraction of sp³-hybridized carbons (Fsp3) is 1.00. The average molecular weight is 164 g/mol. The van der Waals surface area contributed by atoms with Crippen molar-refractivity contribution in [2.24, 2.45) is 0 Å². The molecule has 0 aromatic heterocycles. The number of hydrogen-bond donors (Lipinski definition) is 1. The number of quaternary nitrogens is 1. The summed E-state index contributed by atoms with van der Waals surface area (Å²) in [5, 5.41) is 0.0130. The molecule has 1 saturated carbocycles. The third-order valence-corrected chi connectivity index (χ3v) is 4.06. The van der Waals surface area contributed by atoms with Crippen molar-refractivity contribution >= 4 is 9.84 Å². The molecule has 0 heterocycles. The lowest BCUT2D eigenvalue weighted by atomic mass is 10.5. The van der Waals surface area contributed by atoms with Crippen LogP contribution in [-0.2, 0) is 9.84 Å². The molecule has 1 aliphatic rings. The zero-order valence-corrected chi connectivity index (χ0v) is 6.86. The second-order valence-corrected chi connectivity index (χ2v) is 5.17. The Morgan fingerprint density at radius 3 is 2.40 bits per heavy atom. The zero-order valence-electron chi connectivity index (χ0n) is 6.04. The second-order valence-electron chi connectivity index (χ2n) is 2.77. The molecule has 0 aromatic carbocycles. The van der Waals surface area contributed by atoms with Gasteiger partial charge in [0.15, 0.2) is 9.84 Å². The largest absolute Gasteiger partial charge is 0.358 e. The summed E-state index contributed by atoms with van der Waals surface area (Å²) in [5.41, 5.74) is 3.60. The Kier molecular flexibility index (Phi) is 2.31. The highest BCUT2D eigenvalue weighted by Crippen LogP contribution is 2.28. The number of rotatable bonds is 4. The Bertz CT molecular complexity index is 194. The molecule has 0 aliphatic heterocycles. The lowest BCUT2D eigenvalue weighted by molar-refractivity contribution is -0.367. The second kappa shape index (κ2) is 2.88. The first-order chi connectivity index (χ1) is 4.67. The van der Waals surface area contributed by atoms with Crippen LogP contribution < -0.4 is 5.73 Å². The minimum absolute atomic E-state index is 0.0130. The van der Waals surface area contributed by atoms with Gasteiger partial charge in [-0.1, -0.05) is 0 Å². The molecule has 0 amide bonds. The maximum absolute atomic E-state index is 11.1. The smallest absolute Gasteiger partial charge is 0.153 e. The van der Waals surface area contributed by atoms with E-state index in [4.69, 9.17) is 0 Å². The molecule has 3 nitrogen and oxygen atoms in total. The molecule has 0 bridgehead atoms. The molecule has 10 heavy (non-hydrogen) atoms. The highest BCUT2D eigenvalue weighted by molar-refractivity contribution is 7.92. The Morgan fingerprint density at radius 1 is 1.40 bits per heavy atom. The Hall–Kier alpha value is -0.0900. The van der Waals surface area contributed by atoms with E-state index in [9.17, 15) is 8.42 Å². The van der Waals surface area contributed by atoms with E-state index >= 15 is 0 Å². The summed E-state index contributed by atoms with van der Waals surface area (Å²) in [6.45, 7) is 0.728. The predicted molar refractivity (Wildman–Crippen MR) is 39.2 cm³/mol. The summed E-state index contributed by atoms with van der Waals surface area (Å²) in [6, 6.07) is 0. The Labute approximate surface area is 61.5 Å². The van der Waals surface area contributed by atoms with Crippen LogP contribution in [0, 0.1) is 0 Å². The van der Waals surface area contributed by atoms with E-state index in [0.717, 1.165) is 25.8 Å². The van der Waals surface area contributed by atoms with Crippen molar-refractivity contribution in [1.29, 1.82) is 0 Å². The molecule has 0 radical (unpaired) electrons.